The molecule has 1 fully saturated rings. The molecule has 126 valence electrons. The lowest BCUT2D eigenvalue weighted by Gasteiger charge is -2.27. The van der Waals surface area contributed by atoms with Crippen molar-refractivity contribution in [1.82, 2.24) is 9.80 Å². The van der Waals surface area contributed by atoms with Crippen LogP contribution in [-0.4, -0.2) is 47.5 Å². The van der Waals surface area contributed by atoms with Crippen molar-refractivity contribution >= 4 is 46.5 Å². The number of carbonyl (C=O) groups is 2. The van der Waals surface area contributed by atoms with Crippen LogP contribution in [-0.2, 0) is 4.79 Å². The van der Waals surface area contributed by atoms with Crippen LogP contribution in [0.2, 0.25) is 5.02 Å². The van der Waals surface area contributed by atoms with Crippen LogP contribution in [0, 0.1) is 0 Å². The minimum Gasteiger partial charge on any atom is -0.339 e. The Morgan fingerprint density at radius 3 is 2.83 bits per heavy atom. The summed E-state index contributed by atoms with van der Waals surface area (Å²) in [6, 6.07) is 11.3. The molecule has 1 unspecified atom stereocenters. The lowest BCUT2D eigenvalue weighted by Crippen LogP contribution is -2.38. The lowest BCUT2D eigenvalue weighted by atomic mass is 10.2. The van der Waals surface area contributed by atoms with Crippen molar-refractivity contribution in [3.05, 3.63) is 57.2 Å². The van der Waals surface area contributed by atoms with E-state index < -0.39 is 0 Å². The summed E-state index contributed by atoms with van der Waals surface area (Å²) in [6.07, 6.45) is 0. The van der Waals surface area contributed by atoms with Crippen LogP contribution in [0.15, 0.2) is 41.8 Å². The molecule has 3 rings (SSSR count). The summed E-state index contributed by atoms with van der Waals surface area (Å²) in [4.78, 5) is 28.7. The van der Waals surface area contributed by atoms with Crippen molar-refractivity contribution < 1.29 is 9.59 Å². The van der Waals surface area contributed by atoms with E-state index in [-0.39, 0.29) is 17.2 Å². The topological polar surface area (TPSA) is 40.6 Å². The molecule has 0 radical (unpaired) electrons. The molecule has 1 aromatic heterocycles. The van der Waals surface area contributed by atoms with E-state index in [1.54, 1.807) is 23.7 Å². The van der Waals surface area contributed by atoms with Gasteiger partial charge < -0.3 is 9.80 Å². The van der Waals surface area contributed by atoms with Crippen molar-refractivity contribution in [1.29, 1.82) is 0 Å². The minimum atomic E-state index is -0.0866. The molecule has 1 aliphatic rings. The highest BCUT2D eigenvalue weighted by atomic mass is 35.5. The Morgan fingerprint density at radius 2 is 2.12 bits per heavy atom. The molecule has 1 aromatic carbocycles. The third-order valence-corrected chi connectivity index (χ3v) is 6.33. The zero-order valence-electron chi connectivity index (χ0n) is 13.1. The fourth-order valence-corrected chi connectivity index (χ4v) is 4.85. The van der Waals surface area contributed by atoms with E-state index in [4.69, 9.17) is 11.6 Å². The van der Waals surface area contributed by atoms with E-state index in [0.717, 1.165) is 5.56 Å². The molecule has 7 heteroatoms. The summed E-state index contributed by atoms with van der Waals surface area (Å²) in [7, 11) is 1.76. The first-order valence-corrected chi connectivity index (χ1v) is 9.83. The third kappa shape index (κ3) is 3.61. The number of thiophene rings is 1. The minimum absolute atomic E-state index is 0.0152. The number of nitrogens with zero attached hydrogens (tertiary/aromatic N) is 2. The molecule has 1 aliphatic heterocycles. The molecule has 0 bridgehead atoms. The number of halogens is 1. The van der Waals surface area contributed by atoms with Crippen LogP contribution < -0.4 is 0 Å². The fraction of sp³-hybridized carbons (Fsp3) is 0.294. The van der Waals surface area contributed by atoms with Crippen molar-refractivity contribution in [2.45, 2.75) is 5.37 Å². The van der Waals surface area contributed by atoms with E-state index in [2.05, 4.69) is 0 Å². The van der Waals surface area contributed by atoms with Crippen LogP contribution in [0.4, 0.5) is 0 Å². The van der Waals surface area contributed by atoms with Gasteiger partial charge >= 0.3 is 0 Å². The van der Waals surface area contributed by atoms with Crippen molar-refractivity contribution in [3.8, 4) is 0 Å². The second-order valence-electron chi connectivity index (χ2n) is 5.48. The molecule has 2 amide bonds. The number of benzene rings is 1. The van der Waals surface area contributed by atoms with Gasteiger partial charge in [-0.25, -0.2) is 0 Å². The summed E-state index contributed by atoms with van der Waals surface area (Å²) in [5, 5.41) is 2.46. The average molecular weight is 381 g/mol. The number of hydrogen-bond acceptors (Lipinski definition) is 4. The maximum Gasteiger partial charge on any atom is 0.263 e. The summed E-state index contributed by atoms with van der Waals surface area (Å²) in [5.41, 5.74) is 0.947. The number of carbonyl (C=O) groups excluding carboxylic acids is 2. The van der Waals surface area contributed by atoms with Gasteiger partial charge in [-0.05, 0) is 17.5 Å². The van der Waals surface area contributed by atoms with Crippen LogP contribution in [0.3, 0.4) is 0 Å². The van der Waals surface area contributed by atoms with Crippen molar-refractivity contribution in [2.24, 2.45) is 0 Å². The molecule has 1 saturated heterocycles. The molecule has 0 spiro atoms. The number of amides is 2. The second-order valence-corrected chi connectivity index (χ2v) is 7.90. The molecule has 2 heterocycles. The Labute approximate surface area is 154 Å². The van der Waals surface area contributed by atoms with E-state index in [1.807, 2.05) is 46.7 Å². The average Bonchev–Trinajstić information content (AvgIpc) is 3.23. The quantitative estimate of drug-likeness (QED) is 0.793. The van der Waals surface area contributed by atoms with Gasteiger partial charge in [-0.3, -0.25) is 9.59 Å². The number of thioether (sulfide) groups is 1. The molecule has 0 N–H and O–H groups in total. The standard InChI is InChI=1S/C17H17ClN2O2S2/c1-19(16(22)14-7-4-10-23-14)8-9-20-15(21)11-24-17(20)12-5-2-3-6-13(12)18/h2-7,10,17H,8-9,11H2,1H3. The van der Waals surface area contributed by atoms with Gasteiger partial charge in [-0.1, -0.05) is 35.9 Å². The Kier molecular flexibility index (Phi) is 5.48. The smallest absolute Gasteiger partial charge is 0.263 e. The number of hydrogen-bond donors (Lipinski definition) is 0. The monoisotopic (exact) mass is 380 g/mol. The molecule has 2 aromatic rings. The van der Waals surface area contributed by atoms with Gasteiger partial charge in [0.05, 0.1) is 10.6 Å². The van der Waals surface area contributed by atoms with Gasteiger partial charge in [-0.2, -0.15) is 0 Å². The Morgan fingerprint density at radius 1 is 1.33 bits per heavy atom. The SMILES string of the molecule is CN(CCN1C(=O)CSC1c1ccccc1Cl)C(=O)c1cccs1. The highest BCUT2D eigenvalue weighted by Crippen LogP contribution is 2.41. The zero-order valence-corrected chi connectivity index (χ0v) is 15.5. The van der Waals surface area contributed by atoms with Gasteiger partial charge in [0, 0.05) is 30.7 Å². The third-order valence-electron chi connectivity index (χ3n) is 3.89. The van der Waals surface area contributed by atoms with E-state index in [0.29, 0.717) is 28.7 Å². The first-order chi connectivity index (χ1) is 11.6. The maximum atomic E-state index is 12.3. The van der Waals surface area contributed by atoms with E-state index in [1.165, 1.54) is 11.3 Å². The summed E-state index contributed by atoms with van der Waals surface area (Å²) >= 11 is 9.28. The first-order valence-electron chi connectivity index (χ1n) is 7.52. The number of likely N-dealkylation sites (N-methyl/N-ethyl adjacent to an activating group) is 1. The number of rotatable bonds is 5. The van der Waals surface area contributed by atoms with E-state index in [9.17, 15) is 9.59 Å². The van der Waals surface area contributed by atoms with Crippen LogP contribution in [0.1, 0.15) is 20.6 Å². The van der Waals surface area contributed by atoms with Crippen LogP contribution >= 0.6 is 34.7 Å². The van der Waals surface area contributed by atoms with Crippen LogP contribution in [0.5, 0.6) is 0 Å². The Balaban J connectivity index is 1.67. The maximum absolute atomic E-state index is 12.3. The molecule has 4 nitrogen and oxygen atoms in total. The summed E-state index contributed by atoms with van der Waals surface area (Å²) in [5.74, 6) is 0.513. The predicted octanol–water partition coefficient (Wildman–Crippen LogP) is 3.75. The normalized spacial score (nSPS) is 17.3. The van der Waals surface area contributed by atoms with Gasteiger partial charge in [0.15, 0.2) is 0 Å². The molecule has 0 saturated carbocycles. The van der Waals surface area contributed by atoms with Crippen molar-refractivity contribution in [3.63, 3.8) is 0 Å². The predicted molar refractivity (Wildman–Crippen MR) is 99.6 cm³/mol. The van der Waals surface area contributed by atoms with Gasteiger partial charge in [-0.15, -0.1) is 23.1 Å². The largest absolute Gasteiger partial charge is 0.339 e. The molecule has 1 atom stereocenters. The summed E-state index contributed by atoms with van der Waals surface area (Å²) < 4.78 is 0. The second kappa shape index (κ2) is 7.59. The van der Waals surface area contributed by atoms with Gasteiger partial charge in [0.2, 0.25) is 5.91 Å². The molecule has 24 heavy (non-hydrogen) atoms. The molecular weight excluding hydrogens is 364 g/mol. The van der Waals surface area contributed by atoms with E-state index >= 15 is 0 Å². The van der Waals surface area contributed by atoms with Gasteiger partial charge in [0.1, 0.15) is 5.37 Å². The fourth-order valence-electron chi connectivity index (χ4n) is 2.58. The van der Waals surface area contributed by atoms with Crippen molar-refractivity contribution in [2.75, 3.05) is 25.9 Å². The Bertz CT molecular complexity index is 736. The highest BCUT2D eigenvalue weighted by molar-refractivity contribution is 8.00. The zero-order chi connectivity index (χ0) is 17.1. The molecular formula is C17H17ClN2O2S2. The molecule has 0 aliphatic carbocycles. The summed E-state index contributed by atoms with van der Waals surface area (Å²) in [6.45, 7) is 0.985. The lowest BCUT2D eigenvalue weighted by molar-refractivity contribution is -0.128. The Hall–Kier alpha value is -1.50. The van der Waals surface area contributed by atoms with Gasteiger partial charge in [0.25, 0.3) is 5.91 Å². The van der Waals surface area contributed by atoms with Crippen LogP contribution in [0.25, 0.3) is 0 Å². The highest BCUT2D eigenvalue weighted by Gasteiger charge is 2.33. The first kappa shape index (κ1) is 17.3.